The highest BCUT2D eigenvalue weighted by Gasteiger charge is 2.23. The van der Waals surface area contributed by atoms with Crippen molar-refractivity contribution in [3.8, 4) is 5.69 Å². The zero-order valence-electron chi connectivity index (χ0n) is 11.8. The monoisotopic (exact) mass is 319 g/mol. The number of benzene rings is 1. The van der Waals surface area contributed by atoms with Crippen LogP contribution < -0.4 is 0 Å². The Hall–Kier alpha value is -2.47. The van der Waals surface area contributed by atoms with Gasteiger partial charge in [-0.3, -0.25) is 0 Å². The van der Waals surface area contributed by atoms with E-state index in [1.54, 1.807) is 32.0 Å². The van der Waals surface area contributed by atoms with Crippen LogP contribution in [0.3, 0.4) is 0 Å². The van der Waals surface area contributed by atoms with Crippen molar-refractivity contribution in [2.75, 3.05) is 0 Å². The van der Waals surface area contributed by atoms with Gasteiger partial charge in [0.1, 0.15) is 11.5 Å². The number of carboxylic acids is 1. The lowest BCUT2D eigenvalue weighted by molar-refractivity contribution is 0.0699. The largest absolute Gasteiger partial charge is 0.478 e. The molecule has 0 spiro atoms. The third-order valence-electron chi connectivity index (χ3n) is 3.39. The van der Waals surface area contributed by atoms with Crippen LogP contribution in [-0.2, 0) is 0 Å². The number of aromatic nitrogens is 3. The SMILES string of the molecule is Cc1nc2c(c(C)nn2-c2ccccc2F)c(C(=O)O)c1Cl. The van der Waals surface area contributed by atoms with Gasteiger partial charge in [-0.15, -0.1) is 0 Å². The van der Waals surface area contributed by atoms with Gasteiger partial charge in [-0.25, -0.2) is 18.9 Å². The number of aryl methyl sites for hydroxylation is 2. The number of nitrogens with zero attached hydrogens (tertiary/aromatic N) is 3. The molecule has 3 rings (SSSR count). The fourth-order valence-electron chi connectivity index (χ4n) is 2.40. The van der Waals surface area contributed by atoms with E-state index < -0.39 is 11.8 Å². The molecule has 2 aromatic heterocycles. The van der Waals surface area contributed by atoms with Crippen molar-refractivity contribution < 1.29 is 14.3 Å². The van der Waals surface area contributed by atoms with Crippen LogP contribution >= 0.6 is 11.6 Å². The van der Waals surface area contributed by atoms with Crippen LogP contribution in [0, 0.1) is 19.7 Å². The number of carbonyl (C=O) groups is 1. The average Bonchev–Trinajstić information content (AvgIpc) is 2.77. The van der Waals surface area contributed by atoms with Gasteiger partial charge in [-0.05, 0) is 26.0 Å². The number of fused-ring (bicyclic) bond motifs is 1. The summed E-state index contributed by atoms with van der Waals surface area (Å²) in [5.41, 5.74) is 1.17. The van der Waals surface area contributed by atoms with Gasteiger partial charge >= 0.3 is 5.97 Å². The first-order valence-electron chi connectivity index (χ1n) is 6.45. The van der Waals surface area contributed by atoms with Crippen molar-refractivity contribution in [1.82, 2.24) is 14.8 Å². The summed E-state index contributed by atoms with van der Waals surface area (Å²) in [5.74, 6) is -1.64. The molecule has 0 saturated heterocycles. The van der Waals surface area contributed by atoms with Crippen molar-refractivity contribution in [3.05, 3.63) is 52.1 Å². The maximum absolute atomic E-state index is 14.0. The Labute approximate surface area is 130 Å². The molecular weight excluding hydrogens is 309 g/mol. The molecule has 0 unspecified atom stereocenters. The highest BCUT2D eigenvalue weighted by Crippen LogP contribution is 2.31. The molecule has 22 heavy (non-hydrogen) atoms. The lowest BCUT2D eigenvalue weighted by atomic mass is 10.1. The van der Waals surface area contributed by atoms with Gasteiger partial charge in [0.15, 0.2) is 5.65 Å². The van der Waals surface area contributed by atoms with Crippen LogP contribution in [-0.4, -0.2) is 25.8 Å². The summed E-state index contributed by atoms with van der Waals surface area (Å²) in [6.07, 6.45) is 0. The quantitative estimate of drug-likeness (QED) is 0.784. The minimum atomic E-state index is -1.17. The van der Waals surface area contributed by atoms with Crippen molar-refractivity contribution >= 4 is 28.6 Å². The lowest BCUT2D eigenvalue weighted by Crippen LogP contribution is -2.05. The third-order valence-corrected chi connectivity index (χ3v) is 3.85. The van der Waals surface area contributed by atoms with Gasteiger partial charge in [-0.1, -0.05) is 23.7 Å². The Morgan fingerprint density at radius 3 is 2.59 bits per heavy atom. The molecule has 1 N–H and O–H groups in total. The van der Waals surface area contributed by atoms with E-state index in [4.69, 9.17) is 11.6 Å². The van der Waals surface area contributed by atoms with Crippen molar-refractivity contribution in [2.24, 2.45) is 0 Å². The Bertz CT molecular complexity index is 921. The summed E-state index contributed by atoms with van der Waals surface area (Å²) in [7, 11) is 0. The minimum absolute atomic E-state index is 0.0655. The standard InChI is InChI=1S/C15H11ClFN3O2/c1-7-11-12(15(21)22)13(16)8(2)18-14(11)20(19-7)10-6-4-3-5-9(10)17/h3-6H,1-2H3,(H,21,22). The Morgan fingerprint density at radius 1 is 1.27 bits per heavy atom. The van der Waals surface area contributed by atoms with Gasteiger partial charge < -0.3 is 5.11 Å². The first-order chi connectivity index (χ1) is 10.4. The first kappa shape index (κ1) is 14.5. The summed E-state index contributed by atoms with van der Waals surface area (Å²) in [5, 5.41) is 14.0. The zero-order valence-corrected chi connectivity index (χ0v) is 12.5. The first-order valence-corrected chi connectivity index (χ1v) is 6.83. The number of carboxylic acid groups (broad SMARTS) is 1. The van der Waals surface area contributed by atoms with Gasteiger partial charge in [0.05, 0.1) is 27.4 Å². The fourth-order valence-corrected chi connectivity index (χ4v) is 2.62. The molecular formula is C15H11ClFN3O2. The Balaban J connectivity index is 2.46. The van der Waals surface area contributed by atoms with E-state index in [0.29, 0.717) is 16.8 Å². The van der Waals surface area contributed by atoms with E-state index in [0.717, 1.165) is 0 Å². The van der Waals surface area contributed by atoms with Crippen molar-refractivity contribution in [1.29, 1.82) is 0 Å². The summed E-state index contributed by atoms with van der Waals surface area (Å²) < 4.78 is 15.3. The molecule has 0 amide bonds. The van der Waals surface area contributed by atoms with Gasteiger partial charge in [0.2, 0.25) is 0 Å². The van der Waals surface area contributed by atoms with Crippen molar-refractivity contribution in [3.63, 3.8) is 0 Å². The van der Waals surface area contributed by atoms with Crippen molar-refractivity contribution in [2.45, 2.75) is 13.8 Å². The molecule has 0 aliphatic carbocycles. The molecule has 0 bridgehead atoms. The van der Waals surface area contributed by atoms with Gasteiger partial charge in [-0.2, -0.15) is 5.10 Å². The molecule has 0 fully saturated rings. The van der Waals surface area contributed by atoms with E-state index in [1.165, 1.54) is 10.7 Å². The van der Waals surface area contributed by atoms with E-state index in [-0.39, 0.29) is 21.9 Å². The zero-order chi connectivity index (χ0) is 16.0. The Kier molecular flexibility index (Phi) is 3.33. The second-order valence-corrected chi connectivity index (χ2v) is 5.22. The van der Waals surface area contributed by atoms with Crippen LogP contribution in [0.4, 0.5) is 4.39 Å². The maximum Gasteiger partial charge on any atom is 0.338 e. The van der Waals surface area contributed by atoms with E-state index in [9.17, 15) is 14.3 Å². The van der Waals surface area contributed by atoms with Crippen LogP contribution in [0.1, 0.15) is 21.7 Å². The Morgan fingerprint density at radius 2 is 1.95 bits per heavy atom. The highest BCUT2D eigenvalue weighted by molar-refractivity contribution is 6.35. The van der Waals surface area contributed by atoms with Crippen LogP contribution in [0.2, 0.25) is 5.02 Å². The normalized spacial score (nSPS) is 11.1. The number of hydrogen-bond acceptors (Lipinski definition) is 3. The molecule has 3 aromatic rings. The number of para-hydroxylation sites is 1. The van der Waals surface area contributed by atoms with E-state index >= 15 is 0 Å². The van der Waals surface area contributed by atoms with E-state index in [2.05, 4.69) is 10.1 Å². The fraction of sp³-hybridized carbons (Fsp3) is 0.133. The maximum atomic E-state index is 14.0. The molecule has 0 aliphatic rings. The summed E-state index contributed by atoms with van der Waals surface area (Å²) in [6, 6.07) is 6.09. The topological polar surface area (TPSA) is 68.0 Å². The van der Waals surface area contributed by atoms with Gasteiger partial charge in [0.25, 0.3) is 0 Å². The average molecular weight is 320 g/mol. The number of pyridine rings is 1. The summed E-state index contributed by atoms with van der Waals surface area (Å²) in [6.45, 7) is 3.24. The molecule has 0 aliphatic heterocycles. The summed E-state index contributed by atoms with van der Waals surface area (Å²) >= 11 is 6.07. The van der Waals surface area contributed by atoms with Crippen LogP contribution in [0.5, 0.6) is 0 Å². The van der Waals surface area contributed by atoms with E-state index in [1.807, 2.05) is 0 Å². The molecule has 2 heterocycles. The predicted molar refractivity (Wildman–Crippen MR) is 80.3 cm³/mol. The van der Waals surface area contributed by atoms with Gasteiger partial charge in [0, 0.05) is 0 Å². The number of hydrogen-bond donors (Lipinski definition) is 1. The smallest absolute Gasteiger partial charge is 0.338 e. The second-order valence-electron chi connectivity index (χ2n) is 4.84. The second kappa shape index (κ2) is 5.06. The third kappa shape index (κ3) is 2.03. The molecule has 0 radical (unpaired) electrons. The lowest BCUT2D eigenvalue weighted by Gasteiger charge is -2.07. The van der Waals surface area contributed by atoms with Crippen LogP contribution in [0.15, 0.2) is 24.3 Å². The molecule has 112 valence electrons. The summed E-state index contributed by atoms with van der Waals surface area (Å²) in [4.78, 5) is 15.8. The molecule has 5 nitrogen and oxygen atoms in total. The number of halogens is 2. The predicted octanol–water partition coefficient (Wildman–Crippen LogP) is 3.53. The number of rotatable bonds is 2. The number of aromatic carboxylic acids is 1. The molecule has 0 atom stereocenters. The molecule has 1 aromatic carbocycles. The molecule has 0 saturated carbocycles. The molecule has 7 heteroatoms. The highest BCUT2D eigenvalue weighted by atomic mass is 35.5. The van der Waals surface area contributed by atoms with Crippen LogP contribution in [0.25, 0.3) is 16.7 Å². The minimum Gasteiger partial charge on any atom is -0.478 e.